The van der Waals surface area contributed by atoms with Crippen LogP contribution in [-0.2, 0) is 27.4 Å². The summed E-state index contributed by atoms with van der Waals surface area (Å²) < 4.78 is 28.9. The maximum atomic E-state index is 6.23. The van der Waals surface area contributed by atoms with Crippen LogP contribution in [0.1, 0.15) is 34.5 Å². The molecule has 0 bridgehead atoms. The summed E-state index contributed by atoms with van der Waals surface area (Å²) in [5.41, 5.74) is 4.98. The highest BCUT2D eigenvalue weighted by molar-refractivity contribution is 5.45. The summed E-state index contributed by atoms with van der Waals surface area (Å²) in [6, 6.07) is 12.7. The number of hydrogen-bond acceptors (Lipinski definition) is 5. The molecule has 2 fully saturated rings. The first kappa shape index (κ1) is 15.0. The predicted octanol–water partition coefficient (Wildman–Crippen LogP) is 3.52. The van der Waals surface area contributed by atoms with E-state index in [-0.39, 0.29) is 12.2 Å². The molecule has 0 radical (unpaired) electrons. The highest BCUT2D eigenvalue weighted by Gasteiger charge is 2.48. The Morgan fingerprint density at radius 1 is 0.692 bits per heavy atom. The Balaban J connectivity index is 1.27. The molecular formula is C21H20O5. The third kappa shape index (κ3) is 2.21. The summed E-state index contributed by atoms with van der Waals surface area (Å²) in [5.74, 6) is 2.36. The van der Waals surface area contributed by atoms with Crippen LogP contribution in [0.5, 0.6) is 11.5 Å². The molecule has 4 atom stereocenters. The molecule has 26 heavy (non-hydrogen) atoms. The molecule has 6 rings (SSSR count). The van der Waals surface area contributed by atoms with Gasteiger partial charge in [-0.2, -0.15) is 0 Å². The lowest BCUT2D eigenvalue weighted by Crippen LogP contribution is -2.14. The van der Waals surface area contributed by atoms with Gasteiger partial charge in [-0.15, -0.1) is 0 Å². The largest absolute Gasteiger partial charge is 0.454 e. The van der Waals surface area contributed by atoms with Gasteiger partial charge in [0.15, 0.2) is 11.5 Å². The Hall–Kier alpha value is -2.08. The number of benzene rings is 2. The zero-order valence-electron chi connectivity index (χ0n) is 14.4. The molecule has 2 aromatic carbocycles. The van der Waals surface area contributed by atoms with Gasteiger partial charge in [-0.25, -0.2) is 0 Å². The van der Waals surface area contributed by atoms with Crippen LogP contribution >= 0.6 is 0 Å². The van der Waals surface area contributed by atoms with E-state index in [1.54, 1.807) is 0 Å². The van der Waals surface area contributed by atoms with Crippen LogP contribution in [0.3, 0.4) is 0 Å². The van der Waals surface area contributed by atoms with Gasteiger partial charge in [0, 0.05) is 11.8 Å². The minimum atomic E-state index is 0.0530. The van der Waals surface area contributed by atoms with E-state index in [0.29, 0.717) is 25.2 Å². The molecule has 0 spiro atoms. The Bertz CT molecular complexity index is 792. The lowest BCUT2D eigenvalue weighted by atomic mass is 9.84. The lowest BCUT2D eigenvalue weighted by molar-refractivity contribution is 0.0192. The molecule has 134 valence electrons. The van der Waals surface area contributed by atoms with Crippen LogP contribution in [0.15, 0.2) is 36.4 Å². The van der Waals surface area contributed by atoms with Gasteiger partial charge in [0.1, 0.15) is 0 Å². The molecule has 4 unspecified atom stereocenters. The average molecular weight is 352 g/mol. The molecular weight excluding hydrogens is 332 g/mol. The van der Waals surface area contributed by atoms with Gasteiger partial charge in [-0.3, -0.25) is 0 Å². The standard InChI is InChI=1S/C21H20O5/c1-2-14-7-22-8-15(14)5-12(1)20-16-9-24-21(17(16)10-23-20)13-3-4-18-19(6-13)26-11-25-18/h1-6,16-17,20-21H,7-11H2. The van der Waals surface area contributed by atoms with Gasteiger partial charge in [-0.1, -0.05) is 24.3 Å². The van der Waals surface area contributed by atoms with E-state index in [1.807, 2.05) is 6.07 Å². The molecule has 0 aromatic heterocycles. The fourth-order valence-corrected chi connectivity index (χ4v) is 4.69. The number of hydrogen-bond donors (Lipinski definition) is 0. The van der Waals surface area contributed by atoms with Crippen LogP contribution in [0, 0.1) is 11.8 Å². The van der Waals surface area contributed by atoms with Crippen LogP contribution in [-0.4, -0.2) is 20.0 Å². The molecule has 5 nitrogen and oxygen atoms in total. The van der Waals surface area contributed by atoms with Gasteiger partial charge in [0.2, 0.25) is 6.79 Å². The molecule has 2 saturated heterocycles. The number of fused-ring (bicyclic) bond motifs is 3. The minimum absolute atomic E-state index is 0.0530. The molecule has 0 N–H and O–H groups in total. The van der Waals surface area contributed by atoms with E-state index in [1.165, 1.54) is 16.7 Å². The fraction of sp³-hybridized carbons (Fsp3) is 0.429. The Morgan fingerprint density at radius 3 is 2.23 bits per heavy atom. The lowest BCUT2D eigenvalue weighted by Gasteiger charge is -2.17. The van der Waals surface area contributed by atoms with Gasteiger partial charge in [-0.05, 0) is 34.4 Å². The molecule has 0 amide bonds. The first-order valence-corrected chi connectivity index (χ1v) is 9.19. The molecule has 2 aromatic rings. The van der Waals surface area contributed by atoms with Crippen molar-refractivity contribution in [2.24, 2.45) is 11.8 Å². The fourth-order valence-electron chi connectivity index (χ4n) is 4.69. The summed E-state index contributed by atoms with van der Waals surface area (Å²) in [6.07, 6.45) is 0.155. The second-order valence-electron chi connectivity index (χ2n) is 7.47. The highest BCUT2D eigenvalue weighted by atomic mass is 16.7. The maximum absolute atomic E-state index is 6.23. The molecule has 4 heterocycles. The van der Waals surface area contributed by atoms with Gasteiger partial charge in [0.05, 0.1) is 38.6 Å². The smallest absolute Gasteiger partial charge is 0.231 e. The summed E-state index contributed by atoms with van der Waals surface area (Å²) >= 11 is 0. The van der Waals surface area contributed by atoms with Crippen LogP contribution in [0.2, 0.25) is 0 Å². The first-order valence-electron chi connectivity index (χ1n) is 9.19. The SMILES string of the molecule is c1cc2c(cc1C1OCC3C(c4ccc5c(c4)OCO5)OCC13)COC2. The van der Waals surface area contributed by atoms with Crippen molar-refractivity contribution in [1.29, 1.82) is 0 Å². The van der Waals surface area contributed by atoms with Gasteiger partial charge < -0.3 is 23.7 Å². The summed E-state index contributed by atoms with van der Waals surface area (Å²) in [4.78, 5) is 0. The summed E-state index contributed by atoms with van der Waals surface area (Å²) in [5, 5.41) is 0. The Kier molecular flexibility index (Phi) is 3.30. The van der Waals surface area contributed by atoms with Crippen molar-refractivity contribution in [2.75, 3.05) is 20.0 Å². The van der Waals surface area contributed by atoms with Crippen LogP contribution < -0.4 is 9.47 Å². The topological polar surface area (TPSA) is 46.2 Å². The second kappa shape index (κ2) is 5.71. The predicted molar refractivity (Wildman–Crippen MR) is 91.9 cm³/mol. The molecule has 0 saturated carbocycles. The Labute approximate surface area is 151 Å². The summed E-state index contributed by atoms with van der Waals surface area (Å²) in [7, 11) is 0. The van der Waals surface area contributed by atoms with Gasteiger partial charge in [0.25, 0.3) is 0 Å². The highest BCUT2D eigenvalue weighted by Crippen LogP contribution is 2.51. The van der Waals surface area contributed by atoms with Crippen molar-refractivity contribution >= 4 is 0 Å². The third-order valence-corrected chi connectivity index (χ3v) is 6.06. The monoisotopic (exact) mass is 352 g/mol. The quantitative estimate of drug-likeness (QED) is 0.828. The van der Waals surface area contributed by atoms with E-state index in [4.69, 9.17) is 23.7 Å². The van der Waals surface area contributed by atoms with Crippen molar-refractivity contribution in [1.82, 2.24) is 0 Å². The number of rotatable bonds is 2. The average Bonchev–Trinajstić information content (AvgIpc) is 3.42. The Morgan fingerprint density at radius 2 is 1.38 bits per heavy atom. The molecule has 4 aliphatic rings. The van der Waals surface area contributed by atoms with E-state index < -0.39 is 0 Å². The second-order valence-corrected chi connectivity index (χ2v) is 7.47. The zero-order chi connectivity index (χ0) is 17.1. The minimum Gasteiger partial charge on any atom is -0.454 e. The van der Waals surface area contributed by atoms with E-state index in [0.717, 1.165) is 36.9 Å². The molecule has 0 aliphatic carbocycles. The molecule has 5 heteroatoms. The van der Waals surface area contributed by atoms with E-state index in [9.17, 15) is 0 Å². The van der Waals surface area contributed by atoms with Crippen molar-refractivity contribution < 1.29 is 23.7 Å². The van der Waals surface area contributed by atoms with Crippen molar-refractivity contribution in [3.05, 3.63) is 58.7 Å². The van der Waals surface area contributed by atoms with E-state index >= 15 is 0 Å². The van der Waals surface area contributed by atoms with Crippen LogP contribution in [0.4, 0.5) is 0 Å². The zero-order valence-corrected chi connectivity index (χ0v) is 14.4. The maximum Gasteiger partial charge on any atom is 0.231 e. The van der Waals surface area contributed by atoms with Crippen molar-refractivity contribution in [3.63, 3.8) is 0 Å². The van der Waals surface area contributed by atoms with E-state index in [2.05, 4.69) is 30.3 Å². The summed E-state index contributed by atoms with van der Waals surface area (Å²) in [6.45, 7) is 3.18. The normalized spacial score (nSPS) is 31.2. The third-order valence-electron chi connectivity index (χ3n) is 6.06. The van der Waals surface area contributed by atoms with Gasteiger partial charge >= 0.3 is 0 Å². The number of ether oxygens (including phenoxy) is 5. The first-order chi connectivity index (χ1) is 12.9. The molecule has 4 aliphatic heterocycles. The van der Waals surface area contributed by atoms with Crippen LogP contribution in [0.25, 0.3) is 0 Å². The van der Waals surface area contributed by atoms with Crippen molar-refractivity contribution in [2.45, 2.75) is 25.4 Å². The van der Waals surface area contributed by atoms with Crippen molar-refractivity contribution in [3.8, 4) is 11.5 Å².